The summed E-state index contributed by atoms with van der Waals surface area (Å²) >= 11 is 3.43. The van der Waals surface area contributed by atoms with E-state index in [1.165, 1.54) is 6.07 Å². The van der Waals surface area contributed by atoms with Gasteiger partial charge in [0, 0.05) is 22.6 Å². The van der Waals surface area contributed by atoms with Crippen molar-refractivity contribution in [2.24, 2.45) is 0 Å². The first-order chi connectivity index (χ1) is 9.08. The highest BCUT2D eigenvalue weighted by atomic mass is 79.9. The SMILES string of the molecule is C[C@@H](NCc1cccc(F)c1O)c1cccc(Br)c1. The van der Waals surface area contributed by atoms with Gasteiger partial charge in [0.25, 0.3) is 0 Å². The van der Waals surface area contributed by atoms with E-state index >= 15 is 0 Å². The molecule has 2 N–H and O–H groups in total. The van der Waals surface area contributed by atoms with Crippen molar-refractivity contribution in [2.75, 3.05) is 0 Å². The fourth-order valence-electron chi connectivity index (χ4n) is 1.86. The van der Waals surface area contributed by atoms with E-state index in [9.17, 15) is 9.50 Å². The van der Waals surface area contributed by atoms with E-state index in [0.717, 1.165) is 10.0 Å². The largest absolute Gasteiger partial charge is 0.505 e. The zero-order valence-electron chi connectivity index (χ0n) is 10.5. The zero-order chi connectivity index (χ0) is 13.8. The molecule has 0 unspecified atom stereocenters. The van der Waals surface area contributed by atoms with Gasteiger partial charge in [0.2, 0.25) is 0 Å². The Morgan fingerprint density at radius 3 is 2.74 bits per heavy atom. The number of benzene rings is 2. The van der Waals surface area contributed by atoms with Crippen molar-refractivity contribution in [3.8, 4) is 5.75 Å². The van der Waals surface area contributed by atoms with Crippen LogP contribution < -0.4 is 5.32 Å². The Morgan fingerprint density at radius 2 is 2.00 bits per heavy atom. The monoisotopic (exact) mass is 323 g/mol. The molecule has 2 aromatic rings. The van der Waals surface area contributed by atoms with Crippen LogP contribution in [0.1, 0.15) is 24.1 Å². The summed E-state index contributed by atoms with van der Waals surface area (Å²) in [4.78, 5) is 0. The van der Waals surface area contributed by atoms with Crippen LogP contribution in [0.4, 0.5) is 4.39 Å². The number of para-hydroxylation sites is 1. The molecule has 0 amide bonds. The first kappa shape index (κ1) is 14.0. The summed E-state index contributed by atoms with van der Waals surface area (Å²) in [6, 6.07) is 12.6. The minimum atomic E-state index is -0.589. The third kappa shape index (κ3) is 3.55. The predicted octanol–water partition coefficient (Wildman–Crippen LogP) is 4.14. The minimum Gasteiger partial charge on any atom is -0.505 e. The van der Waals surface area contributed by atoms with Crippen molar-refractivity contribution in [3.63, 3.8) is 0 Å². The van der Waals surface area contributed by atoms with E-state index in [2.05, 4.69) is 21.2 Å². The number of hydrogen-bond acceptors (Lipinski definition) is 2. The second-order valence-electron chi connectivity index (χ2n) is 4.41. The number of phenols is 1. The summed E-state index contributed by atoms with van der Waals surface area (Å²) < 4.78 is 14.2. The van der Waals surface area contributed by atoms with Crippen LogP contribution in [0.15, 0.2) is 46.9 Å². The topological polar surface area (TPSA) is 32.3 Å². The van der Waals surface area contributed by atoms with E-state index < -0.39 is 5.82 Å². The molecule has 19 heavy (non-hydrogen) atoms. The van der Waals surface area contributed by atoms with Gasteiger partial charge in [-0.3, -0.25) is 0 Å². The smallest absolute Gasteiger partial charge is 0.165 e. The lowest BCUT2D eigenvalue weighted by molar-refractivity contribution is 0.421. The summed E-state index contributed by atoms with van der Waals surface area (Å²) in [5.74, 6) is -0.870. The first-order valence-corrected chi connectivity index (χ1v) is 6.82. The molecular weight excluding hydrogens is 309 g/mol. The van der Waals surface area contributed by atoms with Crippen molar-refractivity contribution in [1.29, 1.82) is 0 Å². The molecule has 1 atom stereocenters. The fraction of sp³-hybridized carbons (Fsp3) is 0.200. The number of hydrogen-bond donors (Lipinski definition) is 2. The average Bonchev–Trinajstić information content (AvgIpc) is 2.40. The van der Waals surface area contributed by atoms with E-state index in [1.54, 1.807) is 12.1 Å². The number of halogens is 2. The van der Waals surface area contributed by atoms with E-state index in [4.69, 9.17) is 0 Å². The van der Waals surface area contributed by atoms with Gasteiger partial charge in [-0.2, -0.15) is 0 Å². The molecule has 0 radical (unpaired) electrons. The van der Waals surface area contributed by atoms with Gasteiger partial charge >= 0.3 is 0 Å². The number of phenolic OH excluding ortho intramolecular Hbond substituents is 1. The normalized spacial score (nSPS) is 12.4. The van der Waals surface area contributed by atoms with E-state index in [-0.39, 0.29) is 11.8 Å². The zero-order valence-corrected chi connectivity index (χ0v) is 12.1. The summed E-state index contributed by atoms with van der Waals surface area (Å²) in [6.45, 7) is 2.44. The lowest BCUT2D eigenvalue weighted by Gasteiger charge is -2.15. The van der Waals surface area contributed by atoms with Gasteiger partial charge in [-0.05, 0) is 30.7 Å². The number of rotatable bonds is 4. The standard InChI is InChI=1S/C15H15BrFNO/c1-10(11-4-2-6-13(16)8-11)18-9-12-5-3-7-14(17)15(12)19/h2-8,10,18-19H,9H2,1H3/t10-/m1/s1. The highest BCUT2D eigenvalue weighted by Crippen LogP contribution is 2.22. The predicted molar refractivity (Wildman–Crippen MR) is 77.5 cm³/mol. The maximum atomic E-state index is 13.2. The molecule has 0 bridgehead atoms. The lowest BCUT2D eigenvalue weighted by atomic mass is 10.1. The Labute approximate surface area is 120 Å². The van der Waals surface area contributed by atoms with Crippen molar-refractivity contribution < 1.29 is 9.50 Å². The van der Waals surface area contributed by atoms with Crippen LogP contribution in [0.25, 0.3) is 0 Å². The second-order valence-corrected chi connectivity index (χ2v) is 5.32. The molecule has 0 fully saturated rings. The van der Waals surface area contributed by atoms with Gasteiger partial charge in [0.1, 0.15) is 0 Å². The highest BCUT2D eigenvalue weighted by molar-refractivity contribution is 9.10. The number of nitrogens with one attached hydrogen (secondary N) is 1. The van der Waals surface area contributed by atoms with Crippen LogP contribution in [0.3, 0.4) is 0 Å². The molecule has 2 nitrogen and oxygen atoms in total. The Bertz CT molecular complexity index is 574. The molecule has 0 aliphatic rings. The minimum absolute atomic E-state index is 0.111. The molecule has 0 aromatic heterocycles. The molecule has 2 aromatic carbocycles. The van der Waals surface area contributed by atoms with Crippen molar-refractivity contribution in [2.45, 2.75) is 19.5 Å². The van der Waals surface area contributed by atoms with Crippen molar-refractivity contribution in [1.82, 2.24) is 5.32 Å². The fourth-order valence-corrected chi connectivity index (χ4v) is 2.28. The van der Waals surface area contributed by atoms with Crippen LogP contribution in [0, 0.1) is 5.82 Å². The average molecular weight is 324 g/mol. The molecule has 0 aliphatic carbocycles. The summed E-state index contributed by atoms with van der Waals surface area (Å²) in [5, 5.41) is 12.9. The van der Waals surface area contributed by atoms with Crippen LogP contribution in [0.5, 0.6) is 5.75 Å². The van der Waals surface area contributed by atoms with Crippen LogP contribution in [-0.2, 0) is 6.54 Å². The van der Waals surface area contributed by atoms with Gasteiger partial charge < -0.3 is 10.4 Å². The van der Waals surface area contributed by atoms with Crippen molar-refractivity contribution >= 4 is 15.9 Å². The molecule has 100 valence electrons. The second kappa shape index (κ2) is 6.17. The molecule has 4 heteroatoms. The van der Waals surface area contributed by atoms with Crippen LogP contribution >= 0.6 is 15.9 Å². The quantitative estimate of drug-likeness (QED) is 0.886. The molecular formula is C15H15BrFNO. The third-order valence-corrected chi connectivity index (χ3v) is 3.51. The Hall–Kier alpha value is -1.39. The maximum Gasteiger partial charge on any atom is 0.165 e. The summed E-state index contributed by atoms with van der Waals surface area (Å²) in [6.07, 6.45) is 0. The molecule has 0 spiro atoms. The van der Waals surface area contributed by atoms with Crippen LogP contribution in [-0.4, -0.2) is 5.11 Å². The maximum absolute atomic E-state index is 13.2. The molecule has 0 saturated carbocycles. The van der Waals surface area contributed by atoms with Crippen molar-refractivity contribution in [3.05, 3.63) is 63.9 Å². The molecule has 2 rings (SSSR count). The summed E-state index contributed by atoms with van der Waals surface area (Å²) in [7, 11) is 0. The van der Waals surface area contributed by atoms with E-state index in [1.807, 2.05) is 31.2 Å². The lowest BCUT2D eigenvalue weighted by Crippen LogP contribution is -2.18. The van der Waals surface area contributed by atoms with E-state index in [0.29, 0.717) is 12.1 Å². The number of aromatic hydroxyl groups is 1. The Balaban J connectivity index is 2.04. The summed E-state index contributed by atoms with van der Waals surface area (Å²) in [5.41, 5.74) is 1.69. The van der Waals surface area contributed by atoms with Gasteiger partial charge in [-0.1, -0.05) is 40.2 Å². The Morgan fingerprint density at radius 1 is 1.26 bits per heavy atom. The molecule has 0 heterocycles. The van der Waals surface area contributed by atoms with Gasteiger partial charge in [0.15, 0.2) is 11.6 Å². The van der Waals surface area contributed by atoms with Gasteiger partial charge in [-0.25, -0.2) is 4.39 Å². The third-order valence-electron chi connectivity index (χ3n) is 3.02. The Kier molecular flexibility index (Phi) is 4.56. The van der Waals surface area contributed by atoms with Gasteiger partial charge in [-0.15, -0.1) is 0 Å². The van der Waals surface area contributed by atoms with Crippen LogP contribution in [0.2, 0.25) is 0 Å². The van der Waals surface area contributed by atoms with Gasteiger partial charge in [0.05, 0.1) is 0 Å². The highest BCUT2D eigenvalue weighted by Gasteiger charge is 2.09. The molecule has 0 aliphatic heterocycles. The first-order valence-electron chi connectivity index (χ1n) is 6.03. The molecule has 0 saturated heterocycles.